The summed E-state index contributed by atoms with van der Waals surface area (Å²) in [6, 6.07) is 1.82. The van der Waals surface area contributed by atoms with Crippen molar-refractivity contribution < 1.29 is 4.79 Å². The molecule has 0 aromatic carbocycles. The first-order valence-corrected chi connectivity index (χ1v) is 4.37. The molecule has 0 radical (unpaired) electrons. The molecule has 0 spiro atoms. The van der Waals surface area contributed by atoms with Crippen LogP contribution in [0.3, 0.4) is 0 Å². The van der Waals surface area contributed by atoms with Gasteiger partial charge in [-0.1, -0.05) is 11.6 Å². The average Bonchev–Trinajstić information content (AvgIpc) is 2.28. The zero-order valence-corrected chi connectivity index (χ0v) is 8.14. The van der Waals surface area contributed by atoms with E-state index in [4.69, 9.17) is 11.6 Å². The van der Waals surface area contributed by atoms with Crippen molar-refractivity contribution in [1.29, 1.82) is 0 Å². The molecule has 3 nitrogen and oxygen atoms in total. The number of nitrogens with one attached hydrogen (secondary N) is 1. The molecule has 1 aliphatic heterocycles. The lowest BCUT2D eigenvalue weighted by atomic mass is 9.87. The molecule has 1 aliphatic rings. The molecule has 2 heterocycles. The Balaban J connectivity index is 2.68. The normalized spacial score (nSPS) is 18.2. The summed E-state index contributed by atoms with van der Waals surface area (Å²) in [5, 5.41) is 3.08. The molecule has 0 unspecified atom stereocenters. The van der Waals surface area contributed by atoms with Crippen LogP contribution in [-0.2, 0) is 10.2 Å². The third kappa shape index (κ3) is 1.04. The Morgan fingerprint density at radius 2 is 2.23 bits per heavy atom. The highest BCUT2D eigenvalue weighted by Crippen LogP contribution is 2.39. The minimum absolute atomic E-state index is 0.0302. The molecule has 0 atom stereocenters. The van der Waals surface area contributed by atoms with Gasteiger partial charge >= 0.3 is 0 Å². The van der Waals surface area contributed by atoms with Gasteiger partial charge in [-0.2, -0.15) is 0 Å². The molecule has 1 amide bonds. The first-order chi connectivity index (χ1) is 6.03. The van der Waals surface area contributed by atoms with E-state index >= 15 is 0 Å². The number of pyridine rings is 1. The standard InChI is InChI=1S/C9H9ClN2O/c1-9(2)5-3-4-11-7(10)6(5)12-8(9)13/h3-4H,1-2H3,(H,12,13). The van der Waals surface area contributed by atoms with E-state index in [0.29, 0.717) is 10.8 Å². The maximum absolute atomic E-state index is 11.5. The van der Waals surface area contributed by atoms with E-state index in [0.717, 1.165) is 5.56 Å². The van der Waals surface area contributed by atoms with Crippen molar-refractivity contribution in [3.63, 3.8) is 0 Å². The molecule has 0 fully saturated rings. The van der Waals surface area contributed by atoms with Crippen LogP contribution in [-0.4, -0.2) is 10.9 Å². The second-order valence-electron chi connectivity index (χ2n) is 3.60. The number of fused-ring (bicyclic) bond motifs is 1. The molecule has 1 N–H and O–H groups in total. The van der Waals surface area contributed by atoms with Crippen LogP contribution in [0.2, 0.25) is 5.15 Å². The van der Waals surface area contributed by atoms with Gasteiger partial charge in [0.05, 0.1) is 11.1 Å². The van der Waals surface area contributed by atoms with Crippen LogP contribution in [0.5, 0.6) is 0 Å². The molecule has 0 saturated heterocycles. The van der Waals surface area contributed by atoms with Crippen LogP contribution in [0.15, 0.2) is 12.3 Å². The maximum atomic E-state index is 11.5. The SMILES string of the molecule is CC1(C)C(=O)Nc2c1ccnc2Cl. The van der Waals surface area contributed by atoms with Gasteiger partial charge in [0.1, 0.15) is 0 Å². The fraction of sp³-hybridized carbons (Fsp3) is 0.333. The fourth-order valence-corrected chi connectivity index (χ4v) is 1.67. The number of amides is 1. The summed E-state index contributed by atoms with van der Waals surface area (Å²) in [7, 11) is 0. The first-order valence-electron chi connectivity index (χ1n) is 4.00. The highest BCUT2D eigenvalue weighted by atomic mass is 35.5. The third-order valence-corrected chi connectivity index (χ3v) is 2.67. The van der Waals surface area contributed by atoms with Gasteiger partial charge in [-0.05, 0) is 25.5 Å². The molecule has 4 heteroatoms. The topological polar surface area (TPSA) is 42.0 Å². The Bertz CT molecular complexity index is 387. The van der Waals surface area contributed by atoms with E-state index in [9.17, 15) is 4.79 Å². The van der Waals surface area contributed by atoms with Crippen LogP contribution in [0, 0.1) is 0 Å². The molecule has 68 valence electrons. The predicted octanol–water partition coefficient (Wildman–Crippen LogP) is 1.96. The van der Waals surface area contributed by atoms with Crippen LogP contribution in [0.1, 0.15) is 19.4 Å². The van der Waals surface area contributed by atoms with Crippen molar-refractivity contribution in [2.24, 2.45) is 0 Å². The lowest BCUT2D eigenvalue weighted by Crippen LogP contribution is -2.26. The summed E-state index contributed by atoms with van der Waals surface area (Å²) < 4.78 is 0. The van der Waals surface area contributed by atoms with E-state index in [1.54, 1.807) is 6.20 Å². The van der Waals surface area contributed by atoms with E-state index in [-0.39, 0.29) is 5.91 Å². The quantitative estimate of drug-likeness (QED) is 0.645. The first kappa shape index (κ1) is 8.51. The smallest absolute Gasteiger partial charge is 0.234 e. The lowest BCUT2D eigenvalue weighted by Gasteiger charge is -2.14. The Hall–Kier alpha value is -1.09. The highest BCUT2D eigenvalue weighted by Gasteiger charge is 2.39. The number of rotatable bonds is 0. The van der Waals surface area contributed by atoms with E-state index in [1.807, 2.05) is 19.9 Å². The van der Waals surface area contributed by atoms with Gasteiger partial charge in [-0.15, -0.1) is 0 Å². The van der Waals surface area contributed by atoms with Crippen molar-refractivity contribution >= 4 is 23.2 Å². The van der Waals surface area contributed by atoms with E-state index < -0.39 is 5.41 Å². The minimum atomic E-state index is -0.498. The Morgan fingerprint density at radius 3 is 2.85 bits per heavy atom. The molecule has 1 aromatic heterocycles. The summed E-state index contributed by atoms with van der Waals surface area (Å²) in [6.07, 6.45) is 1.61. The summed E-state index contributed by atoms with van der Waals surface area (Å²) in [5.41, 5.74) is 1.07. The molecule has 1 aromatic rings. The van der Waals surface area contributed by atoms with Gasteiger partial charge in [-0.3, -0.25) is 4.79 Å². The monoisotopic (exact) mass is 196 g/mol. The number of nitrogens with zero attached hydrogens (tertiary/aromatic N) is 1. The highest BCUT2D eigenvalue weighted by molar-refractivity contribution is 6.33. The van der Waals surface area contributed by atoms with Gasteiger partial charge in [0.25, 0.3) is 0 Å². The summed E-state index contributed by atoms with van der Waals surface area (Å²) >= 11 is 5.84. The van der Waals surface area contributed by atoms with Gasteiger partial charge in [0.15, 0.2) is 5.15 Å². The molecular weight excluding hydrogens is 188 g/mol. The van der Waals surface area contributed by atoms with Crippen molar-refractivity contribution in [2.45, 2.75) is 19.3 Å². The summed E-state index contributed by atoms with van der Waals surface area (Å²) in [4.78, 5) is 15.4. The molecule has 0 aliphatic carbocycles. The maximum Gasteiger partial charge on any atom is 0.234 e. The van der Waals surface area contributed by atoms with Crippen LogP contribution in [0.4, 0.5) is 5.69 Å². The minimum Gasteiger partial charge on any atom is -0.322 e. The fourth-order valence-electron chi connectivity index (χ4n) is 1.47. The summed E-state index contributed by atoms with van der Waals surface area (Å²) in [6.45, 7) is 3.73. The van der Waals surface area contributed by atoms with Crippen LogP contribution >= 0.6 is 11.6 Å². The molecule has 2 rings (SSSR count). The largest absolute Gasteiger partial charge is 0.322 e. The molecule has 0 saturated carbocycles. The van der Waals surface area contributed by atoms with Gasteiger partial charge in [0.2, 0.25) is 5.91 Å². The van der Waals surface area contributed by atoms with Crippen LogP contribution in [0.25, 0.3) is 0 Å². The zero-order valence-electron chi connectivity index (χ0n) is 7.39. The average molecular weight is 197 g/mol. The number of aromatic nitrogens is 1. The Morgan fingerprint density at radius 1 is 1.54 bits per heavy atom. The van der Waals surface area contributed by atoms with E-state index in [1.165, 1.54) is 0 Å². The molecular formula is C9H9ClN2O. The Kier molecular flexibility index (Phi) is 1.60. The van der Waals surface area contributed by atoms with Crippen molar-refractivity contribution in [3.8, 4) is 0 Å². The van der Waals surface area contributed by atoms with Crippen LogP contribution < -0.4 is 5.32 Å². The molecule has 13 heavy (non-hydrogen) atoms. The summed E-state index contributed by atoms with van der Waals surface area (Å²) in [5.74, 6) is -0.0302. The van der Waals surface area contributed by atoms with Gasteiger partial charge < -0.3 is 5.32 Å². The predicted molar refractivity (Wildman–Crippen MR) is 50.9 cm³/mol. The third-order valence-electron chi connectivity index (χ3n) is 2.38. The van der Waals surface area contributed by atoms with Gasteiger partial charge in [-0.25, -0.2) is 4.98 Å². The second-order valence-corrected chi connectivity index (χ2v) is 3.96. The second kappa shape index (κ2) is 2.45. The molecule has 0 bridgehead atoms. The number of hydrogen-bond acceptors (Lipinski definition) is 2. The van der Waals surface area contributed by atoms with E-state index in [2.05, 4.69) is 10.3 Å². The number of anilines is 1. The van der Waals surface area contributed by atoms with Crippen molar-refractivity contribution in [1.82, 2.24) is 4.98 Å². The van der Waals surface area contributed by atoms with Crippen molar-refractivity contribution in [2.75, 3.05) is 5.32 Å². The number of hydrogen-bond donors (Lipinski definition) is 1. The van der Waals surface area contributed by atoms with Gasteiger partial charge in [0, 0.05) is 6.20 Å². The Labute approximate surface area is 81.1 Å². The number of carbonyl (C=O) groups is 1. The number of carbonyl (C=O) groups excluding carboxylic acids is 1. The zero-order chi connectivity index (χ0) is 9.64. The van der Waals surface area contributed by atoms with Crippen molar-refractivity contribution in [3.05, 3.63) is 23.0 Å². The lowest BCUT2D eigenvalue weighted by molar-refractivity contribution is -0.119. The number of halogens is 1.